The molecule has 2 aromatic rings. The van der Waals surface area contributed by atoms with E-state index in [0.717, 1.165) is 13.1 Å². The second-order valence-corrected chi connectivity index (χ2v) is 8.87. The molecule has 2 saturated heterocycles. The topological polar surface area (TPSA) is 91.4 Å². The highest BCUT2D eigenvalue weighted by Crippen LogP contribution is 2.27. The molecule has 0 saturated carbocycles. The molecule has 2 aromatic carbocycles. The zero-order valence-electron chi connectivity index (χ0n) is 20.2. The maximum absolute atomic E-state index is 13.5. The summed E-state index contributed by atoms with van der Waals surface area (Å²) in [5, 5.41) is 3.22. The van der Waals surface area contributed by atoms with Gasteiger partial charge in [0.25, 0.3) is 5.91 Å². The van der Waals surface area contributed by atoms with E-state index in [1.807, 2.05) is 35.2 Å². The number of carbonyl (C=O) groups excluding carboxylic acids is 3. The molecule has 4 rings (SSSR count). The Kier molecular flexibility index (Phi) is 8.63. The van der Waals surface area contributed by atoms with Crippen molar-refractivity contribution in [2.75, 3.05) is 56.2 Å². The monoisotopic (exact) mass is 510 g/mol. The van der Waals surface area contributed by atoms with Crippen LogP contribution in [0.15, 0.2) is 54.6 Å². The minimum absolute atomic E-state index is 0.0505. The van der Waals surface area contributed by atoms with Gasteiger partial charge in [-0.2, -0.15) is 0 Å². The van der Waals surface area contributed by atoms with Gasteiger partial charge in [0, 0.05) is 31.9 Å². The Morgan fingerprint density at radius 3 is 2.42 bits per heavy atom. The predicted molar refractivity (Wildman–Crippen MR) is 140 cm³/mol. The lowest BCUT2D eigenvalue weighted by atomic mass is 10.1. The molecule has 1 N–H and O–H groups in total. The number of nitrogens with one attached hydrogen (secondary N) is 1. The van der Waals surface area contributed by atoms with Crippen LogP contribution in [0.4, 0.5) is 11.4 Å². The van der Waals surface area contributed by atoms with Crippen LogP contribution in [-0.4, -0.2) is 84.7 Å². The summed E-state index contributed by atoms with van der Waals surface area (Å²) in [7, 11) is 0. The summed E-state index contributed by atoms with van der Waals surface area (Å²) in [6, 6.07) is 15.0. The molecular formula is C26H30N4O5S. The molecule has 9 nitrogen and oxygen atoms in total. The first kappa shape index (κ1) is 25.7. The molecule has 0 aliphatic carbocycles. The smallest absolute Gasteiger partial charge is 0.338 e. The number of rotatable bonds is 9. The molecule has 2 fully saturated rings. The fourth-order valence-corrected chi connectivity index (χ4v) is 4.68. The number of para-hydroxylation sites is 1. The van der Waals surface area contributed by atoms with Crippen LogP contribution in [-0.2, 0) is 19.1 Å². The largest absolute Gasteiger partial charge is 0.462 e. The number of nitrogens with zero attached hydrogens (tertiary/aromatic N) is 3. The van der Waals surface area contributed by atoms with Gasteiger partial charge in [0.05, 0.1) is 37.5 Å². The van der Waals surface area contributed by atoms with E-state index in [1.54, 1.807) is 31.2 Å². The fraction of sp³-hybridized carbons (Fsp3) is 0.385. The van der Waals surface area contributed by atoms with Gasteiger partial charge in [-0.1, -0.05) is 18.2 Å². The number of esters is 1. The third-order valence-corrected chi connectivity index (χ3v) is 6.57. The minimum Gasteiger partial charge on any atom is -0.462 e. The lowest BCUT2D eigenvalue weighted by molar-refractivity contribution is -0.124. The van der Waals surface area contributed by atoms with E-state index in [2.05, 4.69) is 10.2 Å². The van der Waals surface area contributed by atoms with Crippen LogP contribution >= 0.6 is 12.2 Å². The Morgan fingerprint density at radius 1 is 1.06 bits per heavy atom. The molecule has 0 aromatic heterocycles. The van der Waals surface area contributed by atoms with E-state index < -0.39 is 12.0 Å². The van der Waals surface area contributed by atoms with Gasteiger partial charge >= 0.3 is 5.97 Å². The van der Waals surface area contributed by atoms with Crippen molar-refractivity contribution in [1.29, 1.82) is 0 Å². The molecule has 2 aliphatic rings. The molecule has 2 amide bonds. The van der Waals surface area contributed by atoms with Gasteiger partial charge in [0.2, 0.25) is 5.91 Å². The number of hydrogen-bond acceptors (Lipinski definition) is 7. The predicted octanol–water partition coefficient (Wildman–Crippen LogP) is 2.53. The summed E-state index contributed by atoms with van der Waals surface area (Å²) in [5.41, 5.74) is 1.61. The van der Waals surface area contributed by atoms with Gasteiger partial charge in [0.1, 0.15) is 6.04 Å². The second-order valence-electron chi connectivity index (χ2n) is 8.51. The SMILES string of the molecule is CCOC(=O)c1ccc(NC(=O)C[C@H]2C(=O)N(c3ccccc3)C(=S)N2CCN2CCOCC2)cc1. The van der Waals surface area contributed by atoms with E-state index >= 15 is 0 Å². The lowest BCUT2D eigenvalue weighted by Crippen LogP contribution is -2.45. The van der Waals surface area contributed by atoms with Crippen molar-refractivity contribution in [1.82, 2.24) is 9.80 Å². The Hall–Kier alpha value is -3.34. The molecule has 2 aliphatic heterocycles. The van der Waals surface area contributed by atoms with Crippen molar-refractivity contribution < 1.29 is 23.9 Å². The first-order valence-corrected chi connectivity index (χ1v) is 12.5. The molecule has 36 heavy (non-hydrogen) atoms. The summed E-state index contributed by atoms with van der Waals surface area (Å²) in [6.07, 6.45) is -0.0505. The first-order chi connectivity index (χ1) is 17.5. The van der Waals surface area contributed by atoms with Gasteiger partial charge in [-0.3, -0.25) is 19.4 Å². The molecule has 2 heterocycles. The Morgan fingerprint density at radius 2 is 1.75 bits per heavy atom. The Labute approximate surface area is 215 Å². The van der Waals surface area contributed by atoms with Crippen molar-refractivity contribution >= 4 is 46.5 Å². The van der Waals surface area contributed by atoms with Crippen molar-refractivity contribution in [2.45, 2.75) is 19.4 Å². The van der Waals surface area contributed by atoms with Crippen LogP contribution in [0.5, 0.6) is 0 Å². The number of amides is 2. The van der Waals surface area contributed by atoms with Crippen LogP contribution in [0, 0.1) is 0 Å². The molecular weight excluding hydrogens is 480 g/mol. The van der Waals surface area contributed by atoms with Crippen LogP contribution in [0.25, 0.3) is 0 Å². The van der Waals surface area contributed by atoms with Gasteiger partial charge in [-0.25, -0.2) is 4.79 Å². The average Bonchev–Trinajstić information content (AvgIpc) is 3.12. The summed E-state index contributed by atoms with van der Waals surface area (Å²) in [4.78, 5) is 43.9. The standard InChI is InChI=1S/C26H30N4O5S/c1-2-35-25(33)19-8-10-20(11-9-19)27-23(31)18-22-24(32)30(21-6-4-3-5-7-21)26(36)29(22)13-12-28-14-16-34-17-15-28/h3-11,22H,2,12-18H2,1H3,(H,27,31)/t22-/m0/s1. The number of ether oxygens (including phenoxy) is 2. The molecule has 0 radical (unpaired) electrons. The van der Waals surface area contributed by atoms with Crippen LogP contribution in [0.2, 0.25) is 0 Å². The van der Waals surface area contributed by atoms with Gasteiger partial charge < -0.3 is 19.7 Å². The fourth-order valence-electron chi connectivity index (χ4n) is 4.27. The Balaban J connectivity index is 1.46. The zero-order chi connectivity index (χ0) is 25.5. The summed E-state index contributed by atoms with van der Waals surface area (Å²) < 4.78 is 10.4. The highest BCUT2D eigenvalue weighted by Gasteiger charge is 2.44. The second kappa shape index (κ2) is 12.1. The van der Waals surface area contributed by atoms with Crippen molar-refractivity contribution in [3.05, 3.63) is 60.2 Å². The Bertz CT molecular complexity index is 1090. The number of morpholine rings is 1. The normalized spacial score (nSPS) is 18.4. The van der Waals surface area contributed by atoms with Crippen molar-refractivity contribution in [3.8, 4) is 0 Å². The van der Waals surface area contributed by atoms with E-state index in [4.69, 9.17) is 21.7 Å². The third-order valence-electron chi connectivity index (χ3n) is 6.15. The molecule has 1 atom stereocenters. The van der Waals surface area contributed by atoms with Gasteiger partial charge in [-0.15, -0.1) is 0 Å². The van der Waals surface area contributed by atoms with Crippen molar-refractivity contribution in [2.24, 2.45) is 0 Å². The van der Waals surface area contributed by atoms with Crippen molar-refractivity contribution in [3.63, 3.8) is 0 Å². The molecule has 0 bridgehead atoms. The van der Waals surface area contributed by atoms with Gasteiger partial charge in [-0.05, 0) is 55.5 Å². The zero-order valence-corrected chi connectivity index (χ0v) is 21.0. The maximum atomic E-state index is 13.5. The number of hydrogen-bond donors (Lipinski definition) is 1. The highest BCUT2D eigenvalue weighted by molar-refractivity contribution is 7.80. The minimum atomic E-state index is -0.711. The molecule has 0 spiro atoms. The van der Waals surface area contributed by atoms with E-state index in [9.17, 15) is 14.4 Å². The lowest BCUT2D eigenvalue weighted by Gasteiger charge is -2.30. The van der Waals surface area contributed by atoms with Crippen LogP contribution in [0.1, 0.15) is 23.7 Å². The van der Waals surface area contributed by atoms with Crippen LogP contribution < -0.4 is 10.2 Å². The number of thiocarbonyl (C=S) groups is 1. The average molecular weight is 511 g/mol. The quantitative estimate of drug-likeness (QED) is 0.407. The molecule has 190 valence electrons. The third kappa shape index (κ3) is 6.07. The van der Waals surface area contributed by atoms with Crippen LogP contribution in [0.3, 0.4) is 0 Å². The number of anilines is 2. The first-order valence-electron chi connectivity index (χ1n) is 12.0. The van der Waals surface area contributed by atoms with E-state index in [0.29, 0.717) is 48.4 Å². The summed E-state index contributed by atoms with van der Waals surface area (Å²) in [6.45, 7) is 6.28. The molecule has 0 unspecified atom stereocenters. The summed E-state index contributed by atoms with van der Waals surface area (Å²) >= 11 is 5.72. The van der Waals surface area contributed by atoms with E-state index in [-0.39, 0.29) is 24.8 Å². The summed E-state index contributed by atoms with van der Waals surface area (Å²) in [5.74, 6) is -0.954. The number of carbonyl (C=O) groups is 3. The number of benzene rings is 2. The molecule has 10 heteroatoms. The van der Waals surface area contributed by atoms with Gasteiger partial charge in [0.15, 0.2) is 5.11 Å². The van der Waals surface area contributed by atoms with E-state index in [1.165, 1.54) is 4.90 Å². The maximum Gasteiger partial charge on any atom is 0.338 e. The highest BCUT2D eigenvalue weighted by atomic mass is 32.1.